The first-order chi connectivity index (χ1) is 12.5. The Morgan fingerprint density at radius 3 is 2.85 bits per heavy atom. The number of hydrogen-bond donors (Lipinski definition) is 0. The predicted molar refractivity (Wildman–Crippen MR) is 111 cm³/mol. The van der Waals surface area contributed by atoms with Gasteiger partial charge in [-0.05, 0) is 78.6 Å². The molecule has 136 valence electrons. The average Bonchev–Trinajstić information content (AvgIpc) is 3.21. The first-order valence-electron chi connectivity index (χ1n) is 8.17. The van der Waals surface area contributed by atoms with Gasteiger partial charge in [0.15, 0.2) is 17.2 Å². The van der Waals surface area contributed by atoms with Crippen LogP contribution in [0, 0.1) is 3.57 Å². The van der Waals surface area contributed by atoms with Crippen LogP contribution in [0.15, 0.2) is 40.3 Å². The van der Waals surface area contributed by atoms with E-state index in [0.29, 0.717) is 24.0 Å². The molecule has 5 nitrogen and oxygen atoms in total. The number of aliphatic imine (C=N–C) groups is 1. The molecular formula is C19H18INO4S. The number of esters is 1. The zero-order chi connectivity index (χ0) is 18.7. The molecule has 0 radical (unpaired) electrons. The van der Waals surface area contributed by atoms with Crippen molar-refractivity contribution in [3.63, 3.8) is 0 Å². The topological polar surface area (TPSA) is 57.1 Å². The van der Waals surface area contributed by atoms with E-state index in [2.05, 4.69) is 27.6 Å². The molecule has 1 aromatic carbocycles. The zero-order valence-corrected chi connectivity index (χ0v) is 17.6. The van der Waals surface area contributed by atoms with Gasteiger partial charge in [0.2, 0.25) is 5.90 Å². The number of benzene rings is 1. The van der Waals surface area contributed by atoms with E-state index in [1.807, 2.05) is 50.4 Å². The number of nitrogens with zero attached hydrogens (tertiary/aromatic N) is 1. The highest BCUT2D eigenvalue weighted by Crippen LogP contribution is 2.36. The number of carbonyl (C=O) groups is 1. The minimum absolute atomic E-state index is 0.0368. The summed E-state index contributed by atoms with van der Waals surface area (Å²) in [5, 5.41) is 1.91. The van der Waals surface area contributed by atoms with Crippen LogP contribution in [-0.2, 0) is 9.53 Å². The van der Waals surface area contributed by atoms with Gasteiger partial charge < -0.3 is 14.2 Å². The molecule has 26 heavy (non-hydrogen) atoms. The van der Waals surface area contributed by atoms with Gasteiger partial charge in [-0.25, -0.2) is 9.79 Å². The largest absolute Gasteiger partial charge is 0.490 e. The van der Waals surface area contributed by atoms with Crippen LogP contribution in [0.1, 0.15) is 31.2 Å². The van der Waals surface area contributed by atoms with Crippen molar-refractivity contribution in [1.82, 2.24) is 0 Å². The van der Waals surface area contributed by atoms with Gasteiger partial charge in [0.1, 0.15) is 0 Å². The number of hydrogen-bond acceptors (Lipinski definition) is 6. The Bertz CT molecular complexity index is 872. The normalized spacial score (nSPS) is 15.3. The summed E-state index contributed by atoms with van der Waals surface area (Å²) in [6.07, 6.45) is 1.74. The molecule has 0 spiro atoms. The Kier molecular flexibility index (Phi) is 5.98. The third-order valence-electron chi connectivity index (χ3n) is 3.34. The Balaban J connectivity index is 1.96. The van der Waals surface area contributed by atoms with E-state index in [1.165, 1.54) is 11.3 Å². The van der Waals surface area contributed by atoms with Crippen LogP contribution in [-0.4, -0.2) is 24.6 Å². The molecule has 3 rings (SSSR count). The molecule has 2 heterocycles. The lowest BCUT2D eigenvalue weighted by Crippen LogP contribution is -2.09. The minimum Gasteiger partial charge on any atom is -0.490 e. The van der Waals surface area contributed by atoms with Crippen LogP contribution >= 0.6 is 33.9 Å². The number of carbonyl (C=O) groups excluding carboxylic acids is 1. The Labute approximate surface area is 169 Å². The minimum atomic E-state index is -0.455. The maximum Gasteiger partial charge on any atom is 0.363 e. The molecular weight excluding hydrogens is 465 g/mol. The number of rotatable bonds is 6. The Morgan fingerprint density at radius 2 is 2.19 bits per heavy atom. The van der Waals surface area contributed by atoms with Gasteiger partial charge in [0, 0.05) is 0 Å². The van der Waals surface area contributed by atoms with Crippen molar-refractivity contribution in [2.75, 3.05) is 6.61 Å². The summed E-state index contributed by atoms with van der Waals surface area (Å²) in [6, 6.07) is 7.54. The molecule has 0 aliphatic carbocycles. The summed E-state index contributed by atoms with van der Waals surface area (Å²) in [5.74, 6) is 1.25. The van der Waals surface area contributed by atoms with Crippen LogP contribution in [0.4, 0.5) is 0 Å². The van der Waals surface area contributed by atoms with Crippen LogP contribution in [0.2, 0.25) is 0 Å². The maximum atomic E-state index is 12.1. The standard InChI is InChI=1S/C19H18INO4S/c1-4-23-15-10-12(8-13(20)17(15)24-11(2)3)9-14-19(22)25-18(21-14)16-6-5-7-26-16/h5-11H,4H2,1-3H3/b14-9+. The fraction of sp³-hybridized carbons (Fsp3) is 0.263. The molecule has 0 bridgehead atoms. The second-order valence-corrected chi connectivity index (χ2v) is 7.85. The molecule has 1 aliphatic rings. The van der Waals surface area contributed by atoms with Gasteiger partial charge in [-0.1, -0.05) is 6.07 Å². The highest BCUT2D eigenvalue weighted by Gasteiger charge is 2.25. The molecule has 0 atom stereocenters. The third kappa shape index (κ3) is 4.27. The smallest absolute Gasteiger partial charge is 0.363 e. The summed E-state index contributed by atoms with van der Waals surface area (Å²) >= 11 is 3.68. The fourth-order valence-corrected chi connectivity index (χ4v) is 3.76. The lowest BCUT2D eigenvalue weighted by Gasteiger charge is -2.16. The molecule has 1 aliphatic heterocycles. The van der Waals surface area contributed by atoms with E-state index in [9.17, 15) is 4.79 Å². The Hall–Kier alpha value is -1.87. The summed E-state index contributed by atoms with van der Waals surface area (Å²) in [5.41, 5.74) is 1.07. The van der Waals surface area contributed by atoms with E-state index in [-0.39, 0.29) is 11.8 Å². The van der Waals surface area contributed by atoms with E-state index >= 15 is 0 Å². The third-order valence-corrected chi connectivity index (χ3v) is 5.00. The van der Waals surface area contributed by atoms with Gasteiger partial charge in [-0.2, -0.15) is 0 Å². The lowest BCUT2D eigenvalue weighted by atomic mass is 10.1. The van der Waals surface area contributed by atoms with E-state index in [4.69, 9.17) is 14.2 Å². The number of ether oxygens (including phenoxy) is 3. The Morgan fingerprint density at radius 1 is 1.38 bits per heavy atom. The summed E-state index contributed by atoms with van der Waals surface area (Å²) in [6.45, 7) is 6.38. The highest BCUT2D eigenvalue weighted by atomic mass is 127. The molecule has 0 saturated carbocycles. The van der Waals surface area contributed by atoms with Crippen LogP contribution < -0.4 is 9.47 Å². The van der Waals surface area contributed by atoms with E-state index in [0.717, 1.165) is 14.0 Å². The number of halogens is 1. The summed E-state index contributed by atoms with van der Waals surface area (Å²) in [7, 11) is 0. The number of cyclic esters (lactones) is 1. The zero-order valence-electron chi connectivity index (χ0n) is 14.6. The van der Waals surface area contributed by atoms with Crippen molar-refractivity contribution in [2.45, 2.75) is 26.9 Å². The van der Waals surface area contributed by atoms with Crippen LogP contribution in [0.3, 0.4) is 0 Å². The molecule has 0 saturated heterocycles. The molecule has 0 fully saturated rings. The van der Waals surface area contributed by atoms with E-state index < -0.39 is 5.97 Å². The molecule has 0 amide bonds. The summed E-state index contributed by atoms with van der Waals surface area (Å²) < 4.78 is 17.8. The molecule has 0 N–H and O–H groups in total. The fourth-order valence-electron chi connectivity index (χ4n) is 2.36. The number of thiophene rings is 1. The van der Waals surface area contributed by atoms with Gasteiger partial charge >= 0.3 is 5.97 Å². The molecule has 2 aromatic rings. The van der Waals surface area contributed by atoms with Crippen molar-refractivity contribution in [2.24, 2.45) is 4.99 Å². The van der Waals surface area contributed by atoms with Crippen molar-refractivity contribution in [3.8, 4) is 11.5 Å². The second-order valence-electron chi connectivity index (χ2n) is 5.74. The van der Waals surface area contributed by atoms with Crippen LogP contribution in [0.5, 0.6) is 11.5 Å². The van der Waals surface area contributed by atoms with E-state index in [1.54, 1.807) is 6.08 Å². The summed E-state index contributed by atoms with van der Waals surface area (Å²) in [4.78, 5) is 17.3. The molecule has 0 unspecified atom stereocenters. The second kappa shape index (κ2) is 8.22. The SMILES string of the molecule is CCOc1cc(/C=C2/N=C(c3cccs3)OC2=O)cc(I)c1OC(C)C. The first-order valence-corrected chi connectivity index (χ1v) is 10.1. The monoisotopic (exact) mass is 483 g/mol. The van der Waals surface area contributed by atoms with Crippen molar-refractivity contribution in [1.29, 1.82) is 0 Å². The van der Waals surface area contributed by atoms with Crippen LogP contribution in [0.25, 0.3) is 6.08 Å². The first kappa shape index (κ1) is 18.9. The van der Waals surface area contributed by atoms with Crippen molar-refractivity contribution < 1.29 is 19.0 Å². The average molecular weight is 483 g/mol. The maximum absolute atomic E-state index is 12.1. The molecule has 7 heteroatoms. The lowest BCUT2D eigenvalue weighted by molar-refractivity contribution is -0.129. The molecule has 1 aromatic heterocycles. The van der Waals surface area contributed by atoms with Gasteiger partial charge in [-0.3, -0.25) is 0 Å². The van der Waals surface area contributed by atoms with Crippen molar-refractivity contribution >= 4 is 51.9 Å². The predicted octanol–water partition coefficient (Wildman–Crippen LogP) is 4.88. The van der Waals surface area contributed by atoms with Crippen molar-refractivity contribution in [3.05, 3.63) is 49.4 Å². The quantitative estimate of drug-likeness (QED) is 0.334. The highest BCUT2D eigenvalue weighted by molar-refractivity contribution is 14.1. The van der Waals surface area contributed by atoms with Gasteiger partial charge in [0.25, 0.3) is 0 Å². The van der Waals surface area contributed by atoms with Gasteiger partial charge in [0.05, 0.1) is 21.2 Å². The van der Waals surface area contributed by atoms with Gasteiger partial charge in [-0.15, -0.1) is 11.3 Å².